The third-order valence-corrected chi connectivity index (χ3v) is 5.96. The van der Waals surface area contributed by atoms with Gasteiger partial charge in [0, 0.05) is 17.7 Å². The predicted molar refractivity (Wildman–Crippen MR) is 120 cm³/mol. The lowest BCUT2D eigenvalue weighted by Gasteiger charge is -2.13. The average molecular weight is 439 g/mol. The molecule has 2 aromatic carbocycles. The van der Waals surface area contributed by atoms with Crippen molar-refractivity contribution in [2.24, 2.45) is 5.10 Å². The van der Waals surface area contributed by atoms with Gasteiger partial charge >= 0.3 is 11.7 Å². The van der Waals surface area contributed by atoms with E-state index in [1.807, 2.05) is 35.1 Å². The van der Waals surface area contributed by atoms with Gasteiger partial charge in [0.15, 0.2) is 5.58 Å². The Bertz CT molecular complexity index is 1360. The molecule has 9 heteroatoms. The van der Waals surface area contributed by atoms with E-state index in [2.05, 4.69) is 10.5 Å². The van der Waals surface area contributed by atoms with Crippen LogP contribution in [-0.2, 0) is 10.0 Å². The van der Waals surface area contributed by atoms with E-state index < -0.39 is 21.7 Å². The van der Waals surface area contributed by atoms with E-state index in [-0.39, 0.29) is 10.5 Å². The molecule has 0 radical (unpaired) electrons. The Kier molecular flexibility index (Phi) is 6.36. The summed E-state index contributed by atoms with van der Waals surface area (Å²) in [4.78, 5) is 23.7. The lowest BCUT2D eigenvalue weighted by atomic mass is 10.0. The van der Waals surface area contributed by atoms with Crippen molar-refractivity contribution in [3.8, 4) is 0 Å². The summed E-state index contributed by atoms with van der Waals surface area (Å²) in [5.74, 6) is 0. The normalized spacial score (nSPS) is 12.0. The minimum absolute atomic E-state index is 0.0860. The molecule has 1 heterocycles. The number of hydrazone groups is 1. The van der Waals surface area contributed by atoms with Crippen molar-refractivity contribution in [3.63, 3.8) is 0 Å². The highest BCUT2D eigenvalue weighted by Crippen LogP contribution is 2.30. The van der Waals surface area contributed by atoms with Crippen LogP contribution in [0, 0.1) is 20.8 Å². The lowest BCUT2D eigenvalue weighted by molar-refractivity contribution is 0.246. The zero-order valence-electron chi connectivity index (χ0n) is 17.2. The van der Waals surface area contributed by atoms with Gasteiger partial charge in [0.05, 0.1) is 0 Å². The van der Waals surface area contributed by atoms with Crippen LogP contribution in [0.2, 0.25) is 0 Å². The number of hydrogen-bond donors (Lipinski definition) is 2. The second-order valence-corrected chi connectivity index (χ2v) is 8.51. The number of nitrogens with zero attached hydrogens (tertiary/aromatic N) is 1. The molecule has 0 aliphatic carbocycles. The van der Waals surface area contributed by atoms with Gasteiger partial charge in [-0.3, -0.25) is 0 Å². The maximum atomic E-state index is 12.9. The van der Waals surface area contributed by atoms with E-state index in [1.165, 1.54) is 12.3 Å². The Labute approximate surface area is 179 Å². The smallest absolute Gasteiger partial charge is 0.349 e. The fraction of sp³-hybridized carbons (Fsp3) is 0.136. The number of fused-ring (bicyclic) bond motifs is 1. The third kappa shape index (κ3) is 5.07. The Morgan fingerprint density at radius 1 is 1.03 bits per heavy atom. The number of sulfonamides is 1. The quantitative estimate of drug-likeness (QED) is 0.359. The molecular formula is C22H21N3O5S. The third-order valence-electron chi connectivity index (χ3n) is 4.46. The minimum Gasteiger partial charge on any atom is -0.421 e. The lowest BCUT2D eigenvalue weighted by Crippen LogP contribution is -2.37. The highest BCUT2D eigenvalue weighted by Gasteiger charge is 2.26. The van der Waals surface area contributed by atoms with Crippen molar-refractivity contribution in [2.75, 3.05) is 0 Å². The zero-order chi connectivity index (χ0) is 22.6. The molecule has 2 N–H and O–H groups in total. The molecule has 0 spiro atoms. The molecular weight excluding hydrogens is 418 g/mol. The fourth-order valence-electron chi connectivity index (χ4n) is 3.29. The van der Waals surface area contributed by atoms with Crippen LogP contribution in [0.1, 0.15) is 22.3 Å². The number of carbonyl (C=O) groups excluding carboxylic acids is 1. The van der Waals surface area contributed by atoms with Gasteiger partial charge < -0.3 is 4.42 Å². The SMILES string of the molecule is Cc1cc(C)c2c(C)cc(=O)oc2c1S(=O)(=O)NC(=O)N/N=C/C=C/c1ccccc1. The Balaban J connectivity index is 1.82. The molecule has 0 saturated heterocycles. The standard InChI is InChI=1S/C22H21N3O5S/c1-14-12-16(3)21(20-19(14)15(2)13-18(26)30-20)31(28,29)25-22(27)24-23-11-7-10-17-8-5-4-6-9-17/h4-13H,1-3H3,(H2,24,25,27)/b10-7+,23-11+. The van der Waals surface area contributed by atoms with Crippen LogP contribution in [0.4, 0.5) is 4.79 Å². The van der Waals surface area contributed by atoms with Crippen LogP contribution in [0.3, 0.4) is 0 Å². The number of carbonyl (C=O) groups is 1. The van der Waals surface area contributed by atoms with Crippen molar-refractivity contribution in [1.82, 2.24) is 10.1 Å². The summed E-state index contributed by atoms with van der Waals surface area (Å²) in [6.45, 7) is 5.04. The number of nitrogens with one attached hydrogen (secondary N) is 2. The molecule has 0 atom stereocenters. The number of urea groups is 1. The van der Waals surface area contributed by atoms with Crippen LogP contribution in [-0.4, -0.2) is 20.7 Å². The molecule has 1 aromatic heterocycles. The Morgan fingerprint density at radius 2 is 1.71 bits per heavy atom. The fourth-order valence-corrected chi connectivity index (χ4v) is 4.55. The summed E-state index contributed by atoms with van der Waals surface area (Å²) < 4.78 is 32.9. The number of allylic oxidation sites excluding steroid dienone is 1. The van der Waals surface area contributed by atoms with Crippen LogP contribution in [0.15, 0.2) is 67.7 Å². The summed E-state index contributed by atoms with van der Waals surface area (Å²) in [5, 5.41) is 4.19. The van der Waals surface area contributed by atoms with Gasteiger partial charge in [-0.15, -0.1) is 0 Å². The monoisotopic (exact) mass is 439 g/mol. The van der Waals surface area contributed by atoms with E-state index in [4.69, 9.17) is 4.42 Å². The van der Waals surface area contributed by atoms with Crippen LogP contribution < -0.4 is 15.8 Å². The molecule has 0 unspecified atom stereocenters. The highest BCUT2D eigenvalue weighted by atomic mass is 32.2. The molecule has 0 aliphatic rings. The number of amides is 2. The van der Waals surface area contributed by atoms with Gasteiger partial charge in [-0.05, 0) is 49.1 Å². The van der Waals surface area contributed by atoms with Crippen molar-refractivity contribution in [1.29, 1.82) is 0 Å². The van der Waals surface area contributed by atoms with Gasteiger partial charge in [-0.1, -0.05) is 42.5 Å². The number of aryl methyl sites for hydroxylation is 3. The molecule has 0 fully saturated rings. The second-order valence-electron chi connectivity index (χ2n) is 6.89. The minimum atomic E-state index is -4.34. The molecule has 3 aromatic rings. The van der Waals surface area contributed by atoms with Gasteiger partial charge in [-0.2, -0.15) is 5.10 Å². The molecule has 0 saturated carbocycles. The van der Waals surface area contributed by atoms with Crippen molar-refractivity contribution >= 4 is 39.3 Å². The Hall–Kier alpha value is -3.72. The van der Waals surface area contributed by atoms with Gasteiger partial charge in [0.1, 0.15) is 4.90 Å². The topological polar surface area (TPSA) is 118 Å². The van der Waals surface area contributed by atoms with Crippen LogP contribution in [0.25, 0.3) is 17.0 Å². The summed E-state index contributed by atoms with van der Waals surface area (Å²) >= 11 is 0. The summed E-state index contributed by atoms with van der Waals surface area (Å²) in [7, 11) is -4.34. The molecule has 0 aliphatic heterocycles. The zero-order valence-corrected chi connectivity index (χ0v) is 18.0. The van der Waals surface area contributed by atoms with Crippen LogP contribution in [0.5, 0.6) is 0 Å². The molecule has 2 amide bonds. The molecule has 8 nitrogen and oxygen atoms in total. The molecule has 160 valence electrons. The molecule has 31 heavy (non-hydrogen) atoms. The first-order valence-corrected chi connectivity index (χ1v) is 10.8. The molecule has 0 bridgehead atoms. The van der Waals surface area contributed by atoms with Gasteiger partial charge in [-0.25, -0.2) is 28.2 Å². The first-order valence-electron chi connectivity index (χ1n) is 9.31. The highest BCUT2D eigenvalue weighted by molar-refractivity contribution is 7.90. The van der Waals surface area contributed by atoms with Crippen molar-refractivity contribution in [2.45, 2.75) is 25.7 Å². The molecule has 3 rings (SSSR count). The van der Waals surface area contributed by atoms with Crippen molar-refractivity contribution in [3.05, 3.63) is 81.2 Å². The van der Waals surface area contributed by atoms with Gasteiger partial charge in [0.2, 0.25) is 0 Å². The first kappa shape index (κ1) is 22.0. The number of benzene rings is 2. The Morgan fingerprint density at radius 3 is 2.42 bits per heavy atom. The summed E-state index contributed by atoms with van der Waals surface area (Å²) in [6.07, 6.45) is 4.68. The van der Waals surface area contributed by atoms with Crippen LogP contribution >= 0.6 is 0 Å². The van der Waals surface area contributed by atoms with E-state index >= 15 is 0 Å². The maximum Gasteiger partial charge on any atom is 0.349 e. The maximum absolute atomic E-state index is 12.9. The average Bonchev–Trinajstić information content (AvgIpc) is 2.66. The largest absolute Gasteiger partial charge is 0.421 e. The summed E-state index contributed by atoms with van der Waals surface area (Å²) in [5.41, 5.74) is 3.96. The van der Waals surface area contributed by atoms with E-state index in [0.29, 0.717) is 16.5 Å². The van der Waals surface area contributed by atoms with E-state index in [1.54, 1.807) is 39.0 Å². The first-order chi connectivity index (χ1) is 14.7. The number of hydrogen-bond acceptors (Lipinski definition) is 6. The number of rotatable bonds is 5. The second kappa shape index (κ2) is 8.97. The van der Waals surface area contributed by atoms with Gasteiger partial charge in [0.25, 0.3) is 10.0 Å². The van der Waals surface area contributed by atoms with E-state index in [9.17, 15) is 18.0 Å². The predicted octanol–water partition coefficient (Wildman–Crippen LogP) is 3.41. The summed E-state index contributed by atoms with van der Waals surface area (Å²) in [6, 6.07) is 11.3. The van der Waals surface area contributed by atoms with E-state index in [0.717, 1.165) is 11.1 Å². The van der Waals surface area contributed by atoms with Crippen molar-refractivity contribution < 1.29 is 17.6 Å².